The summed E-state index contributed by atoms with van der Waals surface area (Å²) >= 11 is 0. The zero-order chi connectivity index (χ0) is 13.2. The summed E-state index contributed by atoms with van der Waals surface area (Å²) in [5.41, 5.74) is 3.18. The molecule has 19 heavy (non-hydrogen) atoms. The number of hydrogen-bond acceptors (Lipinski definition) is 2. The van der Waals surface area contributed by atoms with E-state index in [-0.39, 0.29) is 5.82 Å². The number of H-pyrrole nitrogens is 1. The molecule has 0 aliphatic heterocycles. The molecule has 4 heteroatoms. The van der Waals surface area contributed by atoms with Crippen molar-refractivity contribution in [2.45, 2.75) is 6.92 Å². The molecule has 0 bridgehead atoms. The fourth-order valence-corrected chi connectivity index (χ4v) is 1.88. The molecule has 0 atom stereocenters. The molecule has 3 aromatic rings. The van der Waals surface area contributed by atoms with E-state index in [0.717, 1.165) is 16.8 Å². The highest BCUT2D eigenvalue weighted by atomic mass is 19.1. The number of benzene rings is 1. The second kappa shape index (κ2) is 4.65. The normalized spacial score (nSPS) is 10.6. The Labute approximate surface area is 110 Å². The van der Waals surface area contributed by atoms with Gasteiger partial charge in [-0.3, -0.25) is 4.98 Å². The summed E-state index contributed by atoms with van der Waals surface area (Å²) in [5.74, 6) is 0.426. The fraction of sp³-hybridized carbons (Fsp3) is 0.0667. The van der Waals surface area contributed by atoms with Crippen LogP contribution in [0.15, 0.2) is 48.9 Å². The first-order chi connectivity index (χ1) is 9.24. The summed E-state index contributed by atoms with van der Waals surface area (Å²) in [6.07, 6.45) is 5.20. The van der Waals surface area contributed by atoms with Crippen LogP contribution in [0.1, 0.15) is 5.56 Å². The molecule has 0 saturated heterocycles. The lowest BCUT2D eigenvalue weighted by molar-refractivity contribution is 0.619. The highest BCUT2D eigenvalue weighted by molar-refractivity contribution is 5.63. The molecule has 3 rings (SSSR count). The van der Waals surface area contributed by atoms with Gasteiger partial charge in [0.25, 0.3) is 0 Å². The zero-order valence-electron chi connectivity index (χ0n) is 10.4. The monoisotopic (exact) mass is 253 g/mol. The largest absolute Gasteiger partial charge is 0.338 e. The number of aryl methyl sites for hydroxylation is 1. The van der Waals surface area contributed by atoms with Crippen molar-refractivity contribution in [1.29, 1.82) is 0 Å². The average Bonchev–Trinajstić information content (AvgIpc) is 2.93. The summed E-state index contributed by atoms with van der Waals surface area (Å²) in [5, 5.41) is 0. The molecule has 1 aromatic carbocycles. The third-order valence-corrected chi connectivity index (χ3v) is 2.99. The Morgan fingerprint density at radius 1 is 1.11 bits per heavy atom. The Kier molecular flexibility index (Phi) is 2.83. The number of nitrogens with zero attached hydrogens (tertiary/aromatic N) is 2. The minimum atomic E-state index is -0.225. The topological polar surface area (TPSA) is 41.6 Å². The quantitative estimate of drug-likeness (QED) is 0.758. The van der Waals surface area contributed by atoms with Crippen LogP contribution < -0.4 is 0 Å². The van der Waals surface area contributed by atoms with E-state index in [1.54, 1.807) is 31.6 Å². The molecular weight excluding hydrogens is 241 g/mol. The molecule has 0 unspecified atom stereocenters. The lowest BCUT2D eigenvalue weighted by atomic mass is 10.1. The van der Waals surface area contributed by atoms with Crippen LogP contribution in [0.3, 0.4) is 0 Å². The maximum Gasteiger partial charge on any atom is 0.137 e. The first-order valence-corrected chi connectivity index (χ1v) is 5.96. The van der Waals surface area contributed by atoms with Crippen LogP contribution in [0.5, 0.6) is 0 Å². The van der Waals surface area contributed by atoms with Crippen molar-refractivity contribution >= 4 is 0 Å². The van der Waals surface area contributed by atoms with Gasteiger partial charge in [-0.15, -0.1) is 0 Å². The molecule has 0 amide bonds. The number of nitrogens with one attached hydrogen (secondary N) is 1. The van der Waals surface area contributed by atoms with Gasteiger partial charge in [0.15, 0.2) is 0 Å². The van der Waals surface area contributed by atoms with Crippen molar-refractivity contribution in [3.8, 4) is 22.6 Å². The van der Waals surface area contributed by atoms with E-state index in [4.69, 9.17) is 0 Å². The van der Waals surface area contributed by atoms with E-state index in [9.17, 15) is 4.39 Å². The molecule has 2 aromatic heterocycles. The van der Waals surface area contributed by atoms with Crippen LogP contribution in [-0.2, 0) is 0 Å². The van der Waals surface area contributed by atoms with Crippen molar-refractivity contribution in [2.75, 3.05) is 0 Å². The lowest BCUT2D eigenvalue weighted by Crippen LogP contribution is -1.86. The lowest BCUT2D eigenvalue weighted by Gasteiger charge is -2.00. The number of pyridine rings is 1. The van der Waals surface area contributed by atoms with E-state index >= 15 is 0 Å². The van der Waals surface area contributed by atoms with Crippen molar-refractivity contribution in [1.82, 2.24) is 15.0 Å². The first-order valence-electron chi connectivity index (χ1n) is 5.96. The SMILES string of the molecule is Cc1ccc(-c2ncc(-c3cccnc3)[nH]2)cc1F. The van der Waals surface area contributed by atoms with Gasteiger partial charge in [0, 0.05) is 23.5 Å². The first kappa shape index (κ1) is 11.6. The van der Waals surface area contributed by atoms with Crippen LogP contribution in [0.4, 0.5) is 4.39 Å². The number of imidazole rings is 1. The Bertz CT molecular complexity index is 704. The van der Waals surface area contributed by atoms with Crippen molar-refractivity contribution < 1.29 is 4.39 Å². The summed E-state index contributed by atoms with van der Waals surface area (Å²) in [7, 11) is 0. The number of rotatable bonds is 2. The van der Waals surface area contributed by atoms with Gasteiger partial charge < -0.3 is 4.98 Å². The molecule has 1 N–H and O–H groups in total. The van der Waals surface area contributed by atoms with Crippen molar-refractivity contribution in [3.05, 3.63) is 60.3 Å². The molecular formula is C15H12FN3. The Balaban J connectivity index is 1.99. The fourth-order valence-electron chi connectivity index (χ4n) is 1.88. The molecule has 0 spiro atoms. The maximum atomic E-state index is 13.5. The van der Waals surface area contributed by atoms with Gasteiger partial charge in [-0.1, -0.05) is 12.1 Å². The van der Waals surface area contributed by atoms with E-state index < -0.39 is 0 Å². The third-order valence-electron chi connectivity index (χ3n) is 2.99. The highest BCUT2D eigenvalue weighted by Gasteiger charge is 2.07. The maximum absolute atomic E-state index is 13.5. The summed E-state index contributed by atoms with van der Waals surface area (Å²) < 4.78 is 13.5. The van der Waals surface area contributed by atoms with Crippen LogP contribution >= 0.6 is 0 Å². The predicted octanol–water partition coefficient (Wildman–Crippen LogP) is 3.59. The van der Waals surface area contributed by atoms with E-state index in [1.165, 1.54) is 6.07 Å². The van der Waals surface area contributed by atoms with E-state index in [2.05, 4.69) is 15.0 Å². The molecule has 0 aliphatic carbocycles. The number of hydrogen-bond donors (Lipinski definition) is 1. The molecule has 0 aliphatic rings. The van der Waals surface area contributed by atoms with Gasteiger partial charge in [-0.25, -0.2) is 9.37 Å². The number of halogens is 1. The van der Waals surface area contributed by atoms with Gasteiger partial charge in [0.2, 0.25) is 0 Å². The third kappa shape index (κ3) is 2.25. The highest BCUT2D eigenvalue weighted by Crippen LogP contribution is 2.22. The van der Waals surface area contributed by atoms with Crippen molar-refractivity contribution in [2.24, 2.45) is 0 Å². The predicted molar refractivity (Wildman–Crippen MR) is 71.9 cm³/mol. The Morgan fingerprint density at radius 2 is 2.00 bits per heavy atom. The van der Waals surface area contributed by atoms with Gasteiger partial charge in [0.05, 0.1) is 11.9 Å². The summed E-state index contributed by atoms with van der Waals surface area (Å²) in [6.45, 7) is 1.74. The van der Waals surface area contributed by atoms with Crippen LogP contribution in [-0.4, -0.2) is 15.0 Å². The molecule has 0 fully saturated rings. The number of aromatic nitrogens is 3. The van der Waals surface area contributed by atoms with Crippen LogP contribution in [0, 0.1) is 12.7 Å². The van der Waals surface area contributed by atoms with Crippen molar-refractivity contribution in [3.63, 3.8) is 0 Å². The van der Waals surface area contributed by atoms with E-state index in [0.29, 0.717) is 11.4 Å². The minimum absolute atomic E-state index is 0.225. The molecule has 0 radical (unpaired) electrons. The Hall–Kier alpha value is -2.49. The number of aromatic amines is 1. The van der Waals surface area contributed by atoms with Gasteiger partial charge >= 0.3 is 0 Å². The van der Waals surface area contributed by atoms with Gasteiger partial charge in [-0.05, 0) is 30.7 Å². The minimum Gasteiger partial charge on any atom is -0.338 e. The Morgan fingerprint density at radius 3 is 2.74 bits per heavy atom. The van der Waals surface area contributed by atoms with Gasteiger partial charge in [-0.2, -0.15) is 0 Å². The van der Waals surface area contributed by atoms with Crippen LogP contribution in [0.2, 0.25) is 0 Å². The van der Waals surface area contributed by atoms with E-state index in [1.807, 2.05) is 18.2 Å². The standard InChI is InChI=1S/C15H12FN3/c1-10-4-5-11(7-13(10)16)15-18-9-14(19-15)12-3-2-6-17-8-12/h2-9H,1H3,(H,18,19). The molecule has 2 heterocycles. The smallest absolute Gasteiger partial charge is 0.137 e. The zero-order valence-corrected chi connectivity index (χ0v) is 10.4. The second-order valence-electron chi connectivity index (χ2n) is 4.35. The molecule has 0 saturated carbocycles. The molecule has 94 valence electrons. The molecule has 3 nitrogen and oxygen atoms in total. The average molecular weight is 253 g/mol. The summed E-state index contributed by atoms with van der Waals surface area (Å²) in [4.78, 5) is 11.5. The summed E-state index contributed by atoms with van der Waals surface area (Å²) in [6, 6.07) is 8.89. The second-order valence-corrected chi connectivity index (χ2v) is 4.35. The van der Waals surface area contributed by atoms with Gasteiger partial charge in [0.1, 0.15) is 11.6 Å². The van der Waals surface area contributed by atoms with Crippen LogP contribution in [0.25, 0.3) is 22.6 Å².